The maximum atomic E-state index is 6.23. The van der Waals surface area contributed by atoms with Gasteiger partial charge in [0.15, 0.2) is 0 Å². The van der Waals surface area contributed by atoms with Crippen LogP contribution in [0.25, 0.3) is 0 Å². The topological polar surface area (TPSA) is 12.0 Å². The molecule has 0 aromatic heterocycles. The molecule has 2 rings (SSSR count). The quantitative estimate of drug-likeness (QED) is 0.867. The third-order valence-corrected chi connectivity index (χ3v) is 4.38. The monoisotopic (exact) mass is 271 g/mol. The van der Waals surface area contributed by atoms with Crippen molar-refractivity contribution in [3.63, 3.8) is 0 Å². The van der Waals surface area contributed by atoms with Crippen molar-refractivity contribution >= 4 is 23.2 Å². The molecule has 0 aliphatic heterocycles. The molecule has 1 saturated carbocycles. The Morgan fingerprint density at radius 3 is 2.76 bits per heavy atom. The van der Waals surface area contributed by atoms with E-state index in [9.17, 15) is 0 Å². The smallest absolute Gasteiger partial charge is 0.0439 e. The lowest BCUT2D eigenvalue weighted by Crippen LogP contribution is -2.23. The summed E-state index contributed by atoms with van der Waals surface area (Å²) in [4.78, 5) is 0. The van der Waals surface area contributed by atoms with Crippen molar-refractivity contribution < 1.29 is 0 Å². The summed E-state index contributed by atoms with van der Waals surface area (Å²) in [6.07, 6.45) is 5.06. The molecule has 1 nitrogen and oxygen atoms in total. The van der Waals surface area contributed by atoms with Crippen LogP contribution in [0.15, 0.2) is 18.2 Å². The van der Waals surface area contributed by atoms with Crippen molar-refractivity contribution in [1.29, 1.82) is 0 Å². The van der Waals surface area contributed by atoms with Crippen LogP contribution >= 0.6 is 23.2 Å². The Kier molecular flexibility index (Phi) is 4.72. The van der Waals surface area contributed by atoms with E-state index in [4.69, 9.17) is 23.2 Å². The fraction of sp³-hybridized carbons (Fsp3) is 0.571. The molecule has 1 fully saturated rings. The Morgan fingerprint density at radius 1 is 1.24 bits per heavy atom. The maximum absolute atomic E-state index is 6.23. The minimum atomic E-state index is 0.749. The lowest BCUT2D eigenvalue weighted by atomic mass is 9.89. The van der Waals surface area contributed by atoms with E-state index in [1.807, 2.05) is 25.2 Å². The van der Waals surface area contributed by atoms with Gasteiger partial charge in [-0.05, 0) is 68.5 Å². The Balaban J connectivity index is 2.06. The van der Waals surface area contributed by atoms with Crippen LogP contribution in [0.2, 0.25) is 10.0 Å². The fourth-order valence-electron chi connectivity index (χ4n) is 2.90. The normalized spacial score (nSPS) is 24.2. The molecule has 2 atom stereocenters. The van der Waals surface area contributed by atoms with Crippen molar-refractivity contribution in [2.24, 2.45) is 11.8 Å². The molecule has 1 aliphatic rings. The predicted octanol–water partition coefficient (Wildman–Crippen LogP) is 4.17. The molecule has 94 valence electrons. The molecule has 1 aliphatic carbocycles. The van der Waals surface area contributed by atoms with Crippen molar-refractivity contribution in [1.82, 2.24) is 5.32 Å². The van der Waals surface area contributed by atoms with Gasteiger partial charge < -0.3 is 5.32 Å². The molecular formula is C14H19Cl2N. The first-order valence-electron chi connectivity index (χ1n) is 6.29. The summed E-state index contributed by atoms with van der Waals surface area (Å²) in [5.41, 5.74) is 1.20. The van der Waals surface area contributed by atoms with Crippen LogP contribution in [0.4, 0.5) is 0 Å². The van der Waals surface area contributed by atoms with Crippen molar-refractivity contribution in [2.45, 2.75) is 25.7 Å². The van der Waals surface area contributed by atoms with Gasteiger partial charge >= 0.3 is 0 Å². The molecule has 2 unspecified atom stereocenters. The summed E-state index contributed by atoms with van der Waals surface area (Å²) in [5, 5.41) is 4.93. The summed E-state index contributed by atoms with van der Waals surface area (Å²) in [6, 6.07) is 5.77. The van der Waals surface area contributed by atoms with Gasteiger partial charge in [0, 0.05) is 10.0 Å². The number of nitrogens with one attached hydrogen (secondary N) is 1. The Morgan fingerprint density at radius 2 is 2.00 bits per heavy atom. The second-order valence-electron chi connectivity index (χ2n) is 4.95. The van der Waals surface area contributed by atoms with E-state index in [2.05, 4.69) is 5.32 Å². The third-order valence-electron chi connectivity index (χ3n) is 3.77. The van der Waals surface area contributed by atoms with E-state index in [1.54, 1.807) is 0 Å². The van der Waals surface area contributed by atoms with Crippen molar-refractivity contribution in [3.05, 3.63) is 33.8 Å². The second kappa shape index (κ2) is 6.08. The Bertz CT molecular complexity index is 378. The van der Waals surface area contributed by atoms with Crippen LogP contribution in [0.3, 0.4) is 0 Å². The largest absolute Gasteiger partial charge is 0.319 e. The number of hydrogen-bond acceptors (Lipinski definition) is 1. The standard InChI is InChI=1S/C14H19Cl2N/c1-17-9-11-4-2-3-10(11)7-12-8-13(15)5-6-14(12)16/h5-6,8,10-11,17H,2-4,7,9H2,1H3. The van der Waals surface area contributed by atoms with Gasteiger partial charge in [-0.25, -0.2) is 0 Å². The lowest BCUT2D eigenvalue weighted by molar-refractivity contribution is 0.374. The first kappa shape index (κ1) is 13.2. The summed E-state index contributed by atoms with van der Waals surface area (Å²) in [5.74, 6) is 1.54. The molecule has 0 saturated heterocycles. The van der Waals surface area contributed by atoms with E-state index >= 15 is 0 Å². The summed E-state index contributed by atoms with van der Waals surface area (Å²) in [6.45, 7) is 1.11. The highest BCUT2D eigenvalue weighted by atomic mass is 35.5. The summed E-state index contributed by atoms with van der Waals surface area (Å²) >= 11 is 12.3. The zero-order valence-electron chi connectivity index (χ0n) is 10.2. The average molecular weight is 272 g/mol. The average Bonchev–Trinajstić information content (AvgIpc) is 2.72. The van der Waals surface area contributed by atoms with Gasteiger partial charge in [-0.3, -0.25) is 0 Å². The zero-order chi connectivity index (χ0) is 12.3. The van der Waals surface area contributed by atoms with Gasteiger partial charge in [0.05, 0.1) is 0 Å². The molecule has 1 aromatic rings. The van der Waals surface area contributed by atoms with Crippen LogP contribution < -0.4 is 5.32 Å². The lowest BCUT2D eigenvalue weighted by Gasteiger charge is -2.20. The highest BCUT2D eigenvalue weighted by molar-refractivity contribution is 6.33. The van der Waals surface area contributed by atoms with Gasteiger partial charge in [-0.2, -0.15) is 0 Å². The molecule has 0 spiro atoms. The molecule has 3 heteroatoms. The maximum Gasteiger partial charge on any atom is 0.0439 e. The van der Waals surface area contributed by atoms with E-state index in [0.29, 0.717) is 0 Å². The third kappa shape index (κ3) is 3.37. The minimum Gasteiger partial charge on any atom is -0.319 e. The molecular weight excluding hydrogens is 253 g/mol. The predicted molar refractivity (Wildman–Crippen MR) is 74.9 cm³/mol. The van der Waals surface area contributed by atoms with Crippen molar-refractivity contribution in [2.75, 3.05) is 13.6 Å². The van der Waals surface area contributed by atoms with Crippen LogP contribution in [0.5, 0.6) is 0 Å². The van der Waals surface area contributed by atoms with Crippen LogP contribution in [-0.2, 0) is 6.42 Å². The first-order chi connectivity index (χ1) is 8.20. The molecule has 0 bridgehead atoms. The van der Waals surface area contributed by atoms with E-state index in [0.717, 1.165) is 34.8 Å². The second-order valence-corrected chi connectivity index (χ2v) is 5.79. The van der Waals surface area contributed by atoms with E-state index in [1.165, 1.54) is 24.8 Å². The van der Waals surface area contributed by atoms with E-state index in [-0.39, 0.29) is 0 Å². The summed E-state index contributed by atoms with van der Waals surface area (Å²) in [7, 11) is 2.03. The molecule has 1 N–H and O–H groups in total. The van der Waals surface area contributed by atoms with Gasteiger partial charge in [0.25, 0.3) is 0 Å². The van der Waals surface area contributed by atoms with Crippen LogP contribution in [0.1, 0.15) is 24.8 Å². The molecule has 0 heterocycles. The zero-order valence-corrected chi connectivity index (χ0v) is 11.7. The number of rotatable bonds is 4. The molecule has 17 heavy (non-hydrogen) atoms. The highest BCUT2D eigenvalue weighted by Crippen LogP contribution is 2.35. The van der Waals surface area contributed by atoms with Crippen LogP contribution in [0, 0.1) is 11.8 Å². The van der Waals surface area contributed by atoms with Gasteiger partial charge in [-0.15, -0.1) is 0 Å². The fourth-order valence-corrected chi connectivity index (χ4v) is 3.28. The number of halogens is 2. The molecule has 1 aromatic carbocycles. The minimum absolute atomic E-state index is 0.749. The Labute approximate surface area is 114 Å². The highest BCUT2D eigenvalue weighted by Gasteiger charge is 2.27. The van der Waals surface area contributed by atoms with Gasteiger partial charge in [-0.1, -0.05) is 29.6 Å². The summed E-state index contributed by atoms with van der Waals surface area (Å²) < 4.78 is 0. The number of hydrogen-bond donors (Lipinski definition) is 1. The number of benzene rings is 1. The van der Waals surface area contributed by atoms with Crippen LogP contribution in [-0.4, -0.2) is 13.6 Å². The van der Waals surface area contributed by atoms with Gasteiger partial charge in [0.1, 0.15) is 0 Å². The van der Waals surface area contributed by atoms with Gasteiger partial charge in [0.2, 0.25) is 0 Å². The van der Waals surface area contributed by atoms with E-state index < -0.39 is 0 Å². The SMILES string of the molecule is CNCC1CCCC1Cc1cc(Cl)ccc1Cl. The van der Waals surface area contributed by atoms with Crippen molar-refractivity contribution in [3.8, 4) is 0 Å². The molecule has 0 radical (unpaired) electrons. The first-order valence-corrected chi connectivity index (χ1v) is 7.05. The molecule has 0 amide bonds. The Hall–Kier alpha value is -0.240.